The molecule has 0 bridgehead atoms. The van der Waals surface area contributed by atoms with Crippen LogP contribution in [0.1, 0.15) is 6.92 Å². The van der Waals surface area contributed by atoms with Gasteiger partial charge in [0.15, 0.2) is 0 Å². The van der Waals surface area contributed by atoms with Gasteiger partial charge in [-0.05, 0) is 6.92 Å². The molecule has 0 aliphatic rings. The monoisotopic (exact) mass is 477 g/mol. The van der Waals surface area contributed by atoms with E-state index in [1.807, 2.05) is 0 Å². The Bertz CT molecular complexity index is 687. The quantitative estimate of drug-likeness (QED) is 0.212. The molecule has 0 spiro atoms. The summed E-state index contributed by atoms with van der Waals surface area (Å²) in [4.78, 5) is 8.89. The maximum Gasteiger partial charge on any atom is 1.00 e. The predicted octanol–water partition coefficient (Wildman–Crippen LogP) is 0.994. The molecule has 22 heavy (non-hydrogen) atoms. The van der Waals surface area contributed by atoms with Crippen molar-refractivity contribution in [3.63, 3.8) is 0 Å². The Morgan fingerprint density at radius 1 is 1.18 bits per heavy atom. The number of hydrogen-bond acceptors (Lipinski definition) is 3. The minimum Gasteiger partial charge on any atom is -0.852 e. The van der Waals surface area contributed by atoms with Gasteiger partial charge in [0.25, 0.3) is 0 Å². The van der Waals surface area contributed by atoms with Crippen molar-refractivity contribution in [3.8, 4) is 0 Å². The van der Waals surface area contributed by atoms with Crippen LogP contribution >= 0.6 is 46.4 Å². The summed E-state index contributed by atoms with van der Waals surface area (Å²) in [6.45, 7) is 0.930. The van der Waals surface area contributed by atoms with Crippen molar-refractivity contribution in [2.75, 3.05) is 6.61 Å². The molecule has 0 fully saturated rings. The van der Waals surface area contributed by atoms with Crippen LogP contribution in [0.5, 0.6) is 0 Å². The van der Waals surface area contributed by atoms with Crippen LogP contribution in [0.25, 0.3) is 11.0 Å². The van der Waals surface area contributed by atoms with Gasteiger partial charge in [-0.2, -0.15) is 0 Å². The standard InChI is InChI=1S/C10H7Cl4N2O.C2H4O2.Ag/c1-15-4-16(2-3-17)10-8(14)6(12)5(11)7(13)9(10)15;1-2(3)4;/h2-3H2,1H3;1H3,(H,3,4);/q-1;;+1/p-1. The zero-order chi connectivity index (χ0) is 16.3. The van der Waals surface area contributed by atoms with Crippen LogP contribution in [-0.4, -0.2) is 17.1 Å². The number of aromatic nitrogens is 2. The Morgan fingerprint density at radius 2 is 1.64 bits per heavy atom. The van der Waals surface area contributed by atoms with Gasteiger partial charge in [-0.1, -0.05) is 46.4 Å². The SMILES string of the molecule is CC(=O)[O-].Cn1[c-][n+](CC[O-])c2c(Cl)c(Cl)c(Cl)c(Cl)c21.[Ag+]. The minimum atomic E-state index is -1.08. The molecule has 0 aliphatic heterocycles. The van der Waals surface area contributed by atoms with Gasteiger partial charge in [0.1, 0.15) is 0 Å². The fourth-order valence-corrected chi connectivity index (χ4v) is 2.76. The first-order valence-corrected chi connectivity index (χ1v) is 7.12. The first-order chi connectivity index (χ1) is 9.72. The third-order valence-electron chi connectivity index (χ3n) is 2.41. The summed E-state index contributed by atoms with van der Waals surface area (Å²) in [5, 5.41) is 20.6. The Labute approximate surface area is 162 Å². The normalized spacial score (nSPS) is 9.95. The van der Waals surface area contributed by atoms with Crippen molar-refractivity contribution in [3.05, 3.63) is 26.4 Å². The van der Waals surface area contributed by atoms with E-state index in [9.17, 15) is 5.11 Å². The molecule has 0 saturated carbocycles. The number of halogens is 4. The van der Waals surface area contributed by atoms with Crippen molar-refractivity contribution >= 4 is 63.4 Å². The number of nitrogens with zero attached hydrogens (tertiary/aromatic N) is 2. The first kappa shape index (κ1) is 22.0. The van der Waals surface area contributed by atoms with Crippen LogP contribution in [0.4, 0.5) is 0 Å². The van der Waals surface area contributed by atoms with Crippen LogP contribution < -0.4 is 14.8 Å². The molecule has 0 atom stereocenters. The molecule has 0 saturated heterocycles. The second kappa shape index (κ2) is 9.35. The number of carbonyl (C=O) groups is 1. The Morgan fingerprint density at radius 3 is 2.09 bits per heavy atom. The molecule has 126 valence electrons. The second-order valence-corrected chi connectivity index (χ2v) is 5.47. The van der Waals surface area contributed by atoms with Crippen molar-refractivity contribution in [1.29, 1.82) is 0 Å². The molecule has 0 amide bonds. The molecule has 0 radical (unpaired) electrons. The number of aliphatic carboxylic acids is 1. The van der Waals surface area contributed by atoms with E-state index in [1.165, 1.54) is 0 Å². The smallest absolute Gasteiger partial charge is 0.852 e. The fraction of sp³-hybridized carbons (Fsp3) is 0.333. The maximum absolute atomic E-state index is 10.7. The molecule has 1 aromatic carbocycles. The van der Waals surface area contributed by atoms with Crippen LogP contribution in [0.2, 0.25) is 20.1 Å². The number of carboxylic acid groups (broad SMARTS) is 1. The van der Waals surface area contributed by atoms with Crippen LogP contribution in [0.3, 0.4) is 0 Å². The fourth-order valence-electron chi connectivity index (χ4n) is 1.70. The maximum atomic E-state index is 10.7. The van der Waals surface area contributed by atoms with Crippen LogP contribution in [0, 0.1) is 6.33 Å². The number of carbonyl (C=O) groups excluding carboxylic acids is 1. The molecular formula is C12H10AgCl4N2O3-. The molecule has 0 N–H and O–H groups in total. The molecule has 0 unspecified atom stereocenters. The van der Waals surface area contributed by atoms with E-state index in [4.69, 9.17) is 56.3 Å². The second-order valence-electron chi connectivity index (χ2n) is 3.96. The first-order valence-electron chi connectivity index (χ1n) is 5.61. The zero-order valence-corrected chi connectivity index (χ0v) is 15.9. The number of aryl methyl sites for hydroxylation is 1. The van der Waals surface area contributed by atoms with Crippen molar-refractivity contribution in [1.82, 2.24) is 4.57 Å². The molecular weight excluding hydrogens is 470 g/mol. The van der Waals surface area contributed by atoms with E-state index in [2.05, 4.69) is 6.33 Å². The zero-order valence-electron chi connectivity index (χ0n) is 11.3. The summed E-state index contributed by atoms with van der Waals surface area (Å²) in [6.07, 6.45) is 2.94. The van der Waals surface area contributed by atoms with E-state index in [-0.39, 0.29) is 50.6 Å². The van der Waals surface area contributed by atoms with Gasteiger partial charge in [0, 0.05) is 27.0 Å². The minimum absolute atomic E-state index is 0. The van der Waals surface area contributed by atoms with E-state index in [1.54, 1.807) is 16.2 Å². The topological polar surface area (TPSA) is 72.0 Å². The van der Waals surface area contributed by atoms with Gasteiger partial charge >= 0.3 is 22.4 Å². The van der Waals surface area contributed by atoms with E-state index in [0.29, 0.717) is 16.1 Å². The van der Waals surface area contributed by atoms with Gasteiger partial charge in [0.05, 0.1) is 23.6 Å². The molecule has 1 aromatic heterocycles. The summed E-state index contributed by atoms with van der Waals surface area (Å²) >= 11 is 24.2. The number of fused-ring (bicyclic) bond motifs is 1. The summed E-state index contributed by atoms with van der Waals surface area (Å²) < 4.78 is 3.24. The molecule has 0 aliphatic carbocycles. The van der Waals surface area contributed by atoms with Crippen LogP contribution in [0.15, 0.2) is 0 Å². The molecule has 5 nitrogen and oxygen atoms in total. The molecule has 2 rings (SSSR count). The van der Waals surface area contributed by atoms with Gasteiger partial charge in [-0.3, -0.25) is 0 Å². The van der Waals surface area contributed by atoms with Gasteiger partial charge in [0.2, 0.25) is 6.33 Å². The predicted molar refractivity (Wildman–Crippen MR) is 77.5 cm³/mol. The van der Waals surface area contributed by atoms with Crippen LogP contribution in [-0.2, 0) is 40.8 Å². The largest absolute Gasteiger partial charge is 1.00 e. The number of imidazole rings is 1. The van der Waals surface area contributed by atoms with E-state index >= 15 is 0 Å². The number of carboxylic acids is 1. The summed E-state index contributed by atoms with van der Waals surface area (Å²) in [5.41, 5.74) is 1.18. The van der Waals surface area contributed by atoms with Crippen molar-refractivity contribution < 1.29 is 42.0 Å². The average Bonchev–Trinajstić information content (AvgIpc) is 2.70. The van der Waals surface area contributed by atoms with Crippen molar-refractivity contribution in [2.24, 2.45) is 7.05 Å². The molecule has 10 heteroatoms. The van der Waals surface area contributed by atoms with Gasteiger partial charge < -0.3 is 24.1 Å². The Balaban J connectivity index is 0.000000791. The van der Waals surface area contributed by atoms with Gasteiger partial charge in [-0.15, -0.1) is 6.61 Å². The number of benzene rings is 1. The summed E-state index contributed by atoms with van der Waals surface area (Å²) in [5.74, 6) is -1.08. The Hall–Kier alpha value is 0.0203. The molecule has 1 heterocycles. The third kappa shape index (κ3) is 4.76. The average molecular weight is 480 g/mol. The van der Waals surface area contributed by atoms with Gasteiger partial charge in [-0.25, -0.2) is 0 Å². The third-order valence-corrected chi connectivity index (χ3v) is 4.19. The molecule has 2 aromatic rings. The summed E-state index contributed by atoms with van der Waals surface area (Å²) in [6, 6.07) is 0. The summed E-state index contributed by atoms with van der Waals surface area (Å²) in [7, 11) is 1.75. The number of rotatable bonds is 2. The Kier molecular flexibility index (Phi) is 9.36. The van der Waals surface area contributed by atoms with E-state index < -0.39 is 5.97 Å². The number of hydrogen-bond donors (Lipinski definition) is 0. The van der Waals surface area contributed by atoms with Crippen molar-refractivity contribution in [2.45, 2.75) is 13.5 Å². The van der Waals surface area contributed by atoms with E-state index in [0.717, 1.165) is 6.92 Å².